The quantitative estimate of drug-likeness (QED) is 0.433. The van der Waals surface area contributed by atoms with Gasteiger partial charge in [-0.1, -0.05) is 19.8 Å². The van der Waals surface area contributed by atoms with Crippen molar-refractivity contribution in [2.75, 3.05) is 27.1 Å². The highest BCUT2D eigenvalue weighted by Crippen LogP contribution is 2.06. The number of ketones is 1. The molecule has 1 unspecified atom stereocenters. The molecule has 0 fully saturated rings. The molecule has 0 spiro atoms. The third kappa shape index (κ3) is 9.13. The molecule has 0 saturated carbocycles. The zero-order valence-electron chi connectivity index (χ0n) is 14.4. The lowest BCUT2D eigenvalue weighted by Gasteiger charge is -2.31. The van der Waals surface area contributed by atoms with Gasteiger partial charge in [0.05, 0.1) is 18.2 Å². The summed E-state index contributed by atoms with van der Waals surface area (Å²) < 4.78 is 22.7. The SMILES string of the molecule is [2H]C(O)(CC(=O)[O-])C([2H])([2H])[N+](C)(C)CC(=O)CCCCC. The molecule has 5 heteroatoms. The fourth-order valence-corrected chi connectivity index (χ4v) is 1.66. The molecular weight excluding hydrogens is 234 g/mol. The second kappa shape index (κ2) is 8.21. The van der Waals surface area contributed by atoms with Crippen LogP contribution in [-0.2, 0) is 9.59 Å². The van der Waals surface area contributed by atoms with Gasteiger partial charge >= 0.3 is 0 Å². The van der Waals surface area contributed by atoms with E-state index in [1.807, 2.05) is 6.92 Å². The summed E-state index contributed by atoms with van der Waals surface area (Å²) in [4.78, 5) is 22.4. The third-order valence-corrected chi connectivity index (χ3v) is 2.37. The molecule has 0 aliphatic heterocycles. The van der Waals surface area contributed by atoms with Gasteiger partial charge in [0.25, 0.3) is 0 Å². The van der Waals surface area contributed by atoms with Crippen molar-refractivity contribution in [3.05, 3.63) is 0 Å². The van der Waals surface area contributed by atoms with Crippen molar-refractivity contribution in [3.63, 3.8) is 0 Å². The standard InChI is InChI=1S/C13H25NO4/c1-4-5-6-7-11(15)9-14(2,3)10-12(16)8-13(17)18/h12,16H,4-10H2,1-3H3/i10D2,12D. The monoisotopic (exact) mass is 262 g/mol. The molecule has 0 bridgehead atoms. The van der Waals surface area contributed by atoms with E-state index in [1.165, 1.54) is 14.1 Å². The smallest absolute Gasteiger partial charge is 0.186 e. The van der Waals surface area contributed by atoms with Crippen LogP contribution in [0.1, 0.15) is 43.1 Å². The Labute approximate surface area is 113 Å². The maximum Gasteiger partial charge on any atom is 0.186 e. The van der Waals surface area contributed by atoms with E-state index in [-0.39, 0.29) is 12.3 Å². The molecule has 0 aliphatic rings. The molecule has 0 aliphatic carbocycles. The number of rotatable bonds is 10. The summed E-state index contributed by atoms with van der Waals surface area (Å²) in [5, 5.41) is 20.4. The maximum absolute atomic E-state index is 11.9. The van der Waals surface area contributed by atoms with E-state index in [4.69, 9.17) is 4.11 Å². The van der Waals surface area contributed by atoms with Crippen LogP contribution in [0, 0.1) is 0 Å². The molecule has 0 aromatic carbocycles. The zero-order valence-corrected chi connectivity index (χ0v) is 11.4. The number of Topliss-reactive ketones (excluding diaryl/α,β-unsaturated/α-hetero) is 1. The van der Waals surface area contributed by atoms with Crippen LogP contribution in [0.25, 0.3) is 0 Å². The number of unbranched alkanes of at least 4 members (excludes halogenated alkanes) is 2. The van der Waals surface area contributed by atoms with Crippen LogP contribution >= 0.6 is 0 Å². The van der Waals surface area contributed by atoms with Gasteiger partial charge in [-0.2, -0.15) is 0 Å². The summed E-state index contributed by atoms with van der Waals surface area (Å²) >= 11 is 0. The molecule has 106 valence electrons. The summed E-state index contributed by atoms with van der Waals surface area (Å²) in [6.07, 6.45) is -1.15. The van der Waals surface area contributed by atoms with Gasteiger partial charge < -0.3 is 19.5 Å². The molecule has 0 aromatic heterocycles. The Hall–Kier alpha value is -0.940. The molecule has 0 amide bonds. The van der Waals surface area contributed by atoms with Crippen LogP contribution < -0.4 is 5.11 Å². The van der Waals surface area contributed by atoms with Gasteiger partial charge in [0.15, 0.2) is 5.78 Å². The Morgan fingerprint density at radius 3 is 2.56 bits per heavy atom. The lowest BCUT2D eigenvalue weighted by Crippen LogP contribution is -2.49. The van der Waals surface area contributed by atoms with Crippen molar-refractivity contribution >= 4 is 11.8 Å². The highest BCUT2D eigenvalue weighted by molar-refractivity contribution is 5.79. The van der Waals surface area contributed by atoms with E-state index in [2.05, 4.69) is 0 Å². The second-order valence-corrected chi connectivity index (χ2v) is 4.95. The molecule has 1 atom stereocenters. The molecule has 0 radical (unpaired) electrons. The number of carboxylic acids is 1. The van der Waals surface area contributed by atoms with Gasteiger partial charge in [-0.25, -0.2) is 0 Å². The van der Waals surface area contributed by atoms with E-state index < -0.39 is 29.5 Å². The highest BCUT2D eigenvalue weighted by Gasteiger charge is 2.23. The normalized spacial score (nSPS) is 18.3. The van der Waals surface area contributed by atoms with Gasteiger partial charge in [0.1, 0.15) is 19.1 Å². The first-order chi connectivity index (χ1) is 9.37. The predicted octanol–water partition coefficient (Wildman–Crippen LogP) is -0.287. The Balaban J connectivity index is 4.93. The molecule has 0 saturated heterocycles. The van der Waals surface area contributed by atoms with Gasteiger partial charge in [0.2, 0.25) is 0 Å². The van der Waals surface area contributed by atoms with Crippen molar-refractivity contribution in [1.29, 1.82) is 0 Å². The van der Waals surface area contributed by atoms with E-state index >= 15 is 0 Å². The summed E-state index contributed by atoms with van der Waals surface area (Å²) in [6.45, 7) is -0.846. The number of quaternary nitrogens is 1. The number of hydrogen-bond donors (Lipinski definition) is 1. The molecule has 0 heterocycles. The summed E-state index contributed by atoms with van der Waals surface area (Å²) in [5.41, 5.74) is 0. The average Bonchev–Trinajstić information content (AvgIpc) is 2.26. The van der Waals surface area contributed by atoms with Crippen molar-refractivity contribution in [3.8, 4) is 0 Å². The first-order valence-corrected chi connectivity index (χ1v) is 6.14. The van der Waals surface area contributed by atoms with Crippen LogP contribution in [0.5, 0.6) is 0 Å². The molecule has 0 rings (SSSR count). The lowest BCUT2D eigenvalue weighted by molar-refractivity contribution is -0.885. The van der Waals surface area contributed by atoms with Crippen molar-refractivity contribution in [2.45, 2.75) is 45.1 Å². The number of carbonyl (C=O) groups is 2. The molecule has 5 nitrogen and oxygen atoms in total. The summed E-state index contributed by atoms with van der Waals surface area (Å²) in [5.74, 6) is -1.90. The average molecular weight is 262 g/mol. The number of carboxylic acid groups (broad SMARTS) is 1. The Kier molecular flexibility index (Phi) is 5.53. The number of likely N-dealkylation sites (N-methyl/N-ethyl adjacent to an activating group) is 1. The summed E-state index contributed by atoms with van der Waals surface area (Å²) in [6, 6.07) is 0. The molecule has 0 aromatic rings. The van der Waals surface area contributed by atoms with E-state index in [0.29, 0.717) is 12.8 Å². The fraction of sp³-hybridized carbons (Fsp3) is 0.846. The third-order valence-electron chi connectivity index (χ3n) is 2.37. The van der Waals surface area contributed by atoms with Crippen LogP contribution in [-0.4, -0.2) is 54.6 Å². The lowest BCUT2D eigenvalue weighted by atomic mass is 10.1. The van der Waals surface area contributed by atoms with Gasteiger partial charge in [-0.05, 0) is 6.42 Å². The first-order valence-electron chi connectivity index (χ1n) is 7.64. The number of aliphatic carboxylic acids is 1. The number of hydrogen-bond acceptors (Lipinski definition) is 4. The topological polar surface area (TPSA) is 77.4 Å². The molecular formula is C13H25NO4. The largest absolute Gasteiger partial charge is 0.550 e. The second-order valence-electron chi connectivity index (χ2n) is 4.95. The van der Waals surface area contributed by atoms with Crippen LogP contribution in [0.3, 0.4) is 0 Å². The van der Waals surface area contributed by atoms with Crippen molar-refractivity contribution in [2.24, 2.45) is 0 Å². The van der Waals surface area contributed by atoms with E-state index in [9.17, 15) is 19.8 Å². The minimum atomic E-state index is -2.88. The van der Waals surface area contributed by atoms with Gasteiger partial charge in [0, 0.05) is 18.8 Å². The number of aliphatic hydroxyl groups is 1. The van der Waals surface area contributed by atoms with Gasteiger partial charge in [-0.3, -0.25) is 4.79 Å². The van der Waals surface area contributed by atoms with Crippen LogP contribution in [0.4, 0.5) is 0 Å². The van der Waals surface area contributed by atoms with E-state index in [0.717, 1.165) is 12.8 Å². The van der Waals surface area contributed by atoms with Crippen LogP contribution in [0.2, 0.25) is 0 Å². The predicted molar refractivity (Wildman–Crippen MR) is 66.6 cm³/mol. The molecule has 1 N–H and O–H groups in total. The minimum absolute atomic E-state index is 0.179. The van der Waals surface area contributed by atoms with Crippen molar-refractivity contribution < 1.29 is 28.4 Å². The number of nitrogens with zero attached hydrogens (tertiary/aromatic N) is 1. The van der Waals surface area contributed by atoms with Crippen LogP contribution in [0.15, 0.2) is 0 Å². The zero-order chi connectivity index (χ0) is 16.9. The fourth-order valence-electron chi connectivity index (χ4n) is 1.66. The van der Waals surface area contributed by atoms with Crippen molar-refractivity contribution in [1.82, 2.24) is 0 Å². The highest BCUT2D eigenvalue weighted by atomic mass is 16.4. The Morgan fingerprint density at radius 1 is 1.44 bits per heavy atom. The first kappa shape index (κ1) is 12.1. The summed E-state index contributed by atoms with van der Waals surface area (Å²) in [7, 11) is 2.71. The number of carbonyl (C=O) groups excluding carboxylic acids is 2. The Morgan fingerprint density at radius 2 is 2.06 bits per heavy atom. The van der Waals surface area contributed by atoms with E-state index in [1.54, 1.807) is 0 Å². The maximum atomic E-state index is 11.9. The van der Waals surface area contributed by atoms with Gasteiger partial charge in [-0.15, -0.1) is 0 Å². The Bertz CT molecular complexity index is 384. The minimum Gasteiger partial charge on any atom is -0.550 e. The molecule has 18 heavy (non-hydrogen) atoms.